The zero-order chi connectivity index (χ0) is 19.7. The van der Waals surface area contributed by atoms with E-state index in [4.69, 9.17) is 0 Å². The zero-order valence-corrected chi connectivity index (χ0v) is 16.7. The SMILES string of the molecule is O=C(CCS(=O)(=O)c1ccc(F)cc1)N1CCC[C@H]1c1nc2ccccc2s1. The molecule has 1 fully saturated rings. The summed E-state index contributed by atoms with van der Waals surface area (Å²) >= 11 is 1.58. The fourth-order valence-corrected chi connectivity index (χ4v) is 5.82. The normalized spacial score (nSPS) is 17.3. The fraction of sp³-hybridized carbons (Fsp3) is 0.300. The molecule has 5 nitrogen and oxygen atoms in total. The van der Waals surface area contributed by atoms with Crippen molar-refractivity contribution in [2.45, 2.75) is 30.2 Å². The number of hydrogen-bond donors (Lipinski definition) is 0. The topological polar surface area (TPSA) is 67.3 Å². The average molecular weight is 419 g/mol. The minimum Gasteiger partial charge on any atom is -0.333 e. The van der Waals surface area contributed by atoms with Gasteiger partial charge in [0.15, 0.2) is 9.84 Å². The van der Waals surface area contributed by atoms with E-state index >= 15 is 0 Å². The van der Waals surface area contributed by atoms with Crippen molar-refractivity contribution < 1.29 is 17.6 Å². The number of sulfone groups is 1. The van der Waals surface area contributed by atoms with Crippen LogP contribution in [0.15, 0.2) is 53.4 Å². The number of carbonyl (C=O) groups excluding carboxylic acids is 1. The van der Waals surface area contributed by atoms with Crippen LogP contribution in [0.3, 0.4) is 0 Å². The maximum absolute atomic E-state index is 13.0. The van der Waals surface area contributed by atoms with Gasteiger partial charge in [-0.15, -0.1) is 11.3 Å². The molecule has 0 bridgehead atoms. The number of para-hydroxylation sites is 1. The van der Waals surface area contributed by atoms with Crippen LogP contribution in [0.5, 0.6) is 0 Å². The number of aromatic nitrogens is 1. The van der Waals surface area contributed by atoms with Crippen LogP contribution in [0.1, 0.15) is 30.3 Å². The van der Waals surface area contributed by atoms with Gasteiger partial charge in [0.05, 0.1) is 26.9 Å². The van der Waals surface area contributed by atoms with Gasteiger partial charge in [-0.1, -0.05) is 12.1 Å². The number of nitrogens with zero attached hydrogens (tertiary/aromatic N) is 2. The molecule has 8 heteroatoms. The third-order valence-corrected chi connectivity index (χ3v) is 7.80. The smallest absolute Gasteiger partial charge is 0.224 e. The third kappa shape index (κ3) is 3.79. The summed E-state index contributed by atoms with van der Waals surface area (Å²) in [6.45, 7) is 0.607. The Bertz CT molecular complexity index is 1080. The van der Waals surface area contributed by atoms with Crippen LogP contribution in [-0.2, 0) is 14.6 Å². The quantitative estimate of drug-likeness (QED) is 0.588. The van der Waals surface area contributed by atoms with Gasteiger partial charge >= 0.3 is 0 Å². The number of fused-ring (bicyclic) bond motifs is 1. The summed E-state index contributed by atoms with van der Waals surface area (Å²) in [5.41, 5.74) is 0.917. The lowest BCUT2D eigenvalue weighted by atomic mass is 10.2. The minimum atomic E-state index is -3.63. The number of hydrogen-bond acceptors (Lipinski definition) is 5. The molecule has 0 unspecified atom stereocenters. The highest BCUT2D eigenvalue weighted by atomic mass is 32.2. The lowest BCUT2D eigenvalue weighted by Gasteiger charge is -2.23. The first-order valence-electron chi connectivity index (χ1n) is 9.07. The van der Waals surface area contributed by atoms with Crippen LogP contribution in [0, 0.1) is 5.82 Å². The third-order valence-electron chi connectivity index (χ3n) is 4.93. The number of thiazole rings is 1. The standard InChI is InChI=1S/C20H19FN2O3S2/c21-14-7-9-15(10-8-14)28(25,26)13-11-19(24)23-12-3-5-17(23)20-22-16-4-1-2-6-18(16)27-20/h1-2,4,6-10,17H,3,5,11-13H2/t17-/m0/s1. The number of amides is 1. The monoisotopic (exact) mass is 418 g/mol. The van der Waals surface area contributed by atoms with Crippen LogP contribution in [0.25, 0.3) is 10.2 Å². The predicted molar refractivity (Wildman–Crippen MR) is 106 cm³/mol. The van der Waals surface area contributed by atoms with E-state index in [1.807, 2.05) is 24.3 Å². The molecule has 28 heavy (non-hydrogen) atoms. The Balaban J connectivity index is 1.47. The highest BCUT2D eigenvalue weighted by molar-refractivity contribution is 7.91. The molecule has 4 rings (SSSR count). The molecular weight excluding hydrogens is 399 g/mol. The van der Waals surface area contributed by atoms with E-state index in [2.05, 4.69) is 4.98 Å². The van der Waals surface area contributed by atoms with E-state index in [-0.39, 0.29) is 29.0 Å². The Morgan fingerprint density at radius 1 is 1.18 bits per heavy atom. The summed E-state index contributed by atoms with van der Waals surface area (Å²) in [4.78, 5) is 19.2. The summed E-state index contributed by atoms with van der Waals surface area (Å²) in [6.07, 6.45) is 1.61. The van der Waals surface area contributed by atoms with Gasteiger partial charge in [-0.25, -0.2) is 17.8 Å². The first-order chi connectivity index (χ1) is 13.4. The van der Waals surface area contributed by atoms with Crippen LogP contribution >= 0.6 is 11.3 Å². The molecule has 0 aliphatic carbocycles. The Morgan fingerprint density at radius 3 is 2.68 bits per heavy atom. The molecule has 1 aromatic heterocycles. The van der Waals surface area contributed by atoms with Crippen molar-refractivity contribution in [2.24, 2.45) is 0 Å². The molecule has 3 aromatic rings. The highest BCUT2D eigenvalue weighted by Crippen LogP contribution is 2.36. The van der Waals surface area contributed by atoms with E-state index in [0.29, 0.717) is 6.54 Å². The maximum atomic E-state index is 13.0. The predicted octanol–water partition coefficient (Wildman–Crippen LogP) is 3.96. The van der Waals surface area contributed by atoms with Gasteiger partial charge in [-0.05, 0) is 49.2 Å². The number of carbonyl (C=O) groups is 1. The zero-order valence-electron chi connectivity index (χ0n) is 15.0. The maximum Gasteiger partial charge on any atom is 0.224 e. The largest absolute Gasteiger partial charge is 0.333 e. The number of rotatable bonds is 5. The molecule has 2 aromatic carbocycles. The lowest BCUT2D eigenvalue weighted by molar-refractivity contribution is -0.131. The van der Waals surface area contributed by atoms with Gasteiger partial charge in [0, 0.05) is 13.0 Å². The first kappa shape index (κ1) is 19.0. The van der Waals surface area contributed by atoms with E-state index in [9.17, 15) is 17.6 Å². The van der Waals surface area contributed by atoms with Gasteiger partial charge < -0.3 is 4.90 Å². The van der Waals surface area contributed by atoms with Gasteiger partial charge in [0.1, 0.15) is 10.8 Å². The van der Waals surface area contributed by atoms with Crippen LogP contribution < -0.4 is 0 Å². The first-order valence-corrected chi connectivity index (χ1v) is 11.5. The fourth-order valence-electron chi connectivity index (χ4n) is 3.48. The van der Waals surface area contributed by atoms with Crippen molar-refractivity contribution in [3.63, 3.8) is 0 Å². The number of likely N-dealkylation sites (tertiary alicyclic amines) is 1. The number of halogens is 1. The van der Waals surface area contributed by atoms with Crippen molar-refractivity contribution in [1.29, 1.82) is 0 Å². The Kier molecular flexibility index (Phi) is 5.16. The molecule has 146 valence electrons. The Labute approximate surface area is 166 Å². The second-order valence-electron chi connectivity index (χ2n) is 6.79. The summed E-state index contributed by atoms with van der Waals surface area (Å²) in [5, 5.41) is 0.897. The molecule has 1 aliphatic heterocycles. The summed E-state index contributed by atoms with van der Waals surface area (Å²) in [7, 11) is -3.63. The minimum absolute atomic E-state index is 0.0332. The van der Waals surface area contributed by atoms with E-state index in [0.717, 1.165) is 40.2 Å². The summed E-state index contributed by atoms with van der Waals surface area (Å²) in [5.74, 6) is -0.973. The second kappa shape index (κ2) is 7.60. The molecule has 1 atom stereocenters. The number of benzene rings is 2. The molecule has 0 saturated carbocycles. The highest BCUT2D eigenvalue weighted by Gasteiger charge is 2.32. The Morgan fingerprint density at radius 2 is 1.93 bits per heavy atom. The second-order valence-corrected chi connectivity index (χ2v) is 9.96. The molecule has 0 radical (unpaired) electrons. The van der Waals surface area contributed by atoms with Gasteiger partial charge in [-0.2, -0.15) is 0 Å². The van der Waals surface area contributed by atoms with Gasteiger partial charge in [0.25, 0.3) is 0 Å². The van der Waals surface area contributed by atoms with E-state index in [1.54, 1.807) is 16.2 Å². The molecule has 1 aliphatic rings. The lowest BCUT2D eigenvalue weighted by Crippen LogP contribution is -2.31. The van der Waals surface area contributed by atoms with Crippen molar-refractivity contribution in [3.8, 4) is 0 Å². The van der Waals surface area contributed by atoms with Crippen molar-refractivity contribution >= 4 is 37.3 Å². The van der Waals surface area contributed by atoms with E-state index in [1.165, 1.54) is 12.1 Å². The Hall–Kier alpha value is -2.32. The summed E-state index contributed by atoms with van der Waals surface area (Å²) in [6, 6.07) is 12.4. The molecule has 1 saturated heterocycles. The van der Waals surface area contributed by atoms with Crippen molar-refractivity contribution in [3.05, 3.63) is 59.4 Å². The van der Waals surface area contributed by atoms with Crippen LogP contribution in [0.4, 0.5) is 4.39 Å². The molecular formula is C20H19FN2O3S2. The summed E-state index contributed by atoms with van der Waals surface area (Å²) < 4.78 is 38.9. The molecule has 0 spiro atoms. The van der Waals surface area contributed by atoms with Gasteiger partial charge in [0.2, 0.25) is 5.91 Å². The van der Waals surface area contributed by atoms with Gasteiger partial charge in [-0.3, -0.25) is 4.79 Å². The van der Waals surface area contributed by atoms with Crippen molar-refractivity contribution in [1.82, 2.24) is 9.88 Å². The average Bonchev–Trinajstić information content (AvgIpc) is 3.33. The molecule has 1 amide bonds. The molecule has 2 heterocycles. The van der Waals surface area contributed by atoms with Crippen LogP contribution in [0.2, 0.25) is 0 Å². The molecule has 0 N–H and O–H groups in total. The van der Waals surface area contributed by atoms with Crippen molar-refractivity contribution in [2.75, 3.05) is 12.3 Å². The van der Waals surface area contributed by atoms with Crippen LogP contribution in [-0.4, -0.2) is 36.5 Å². The van der Waals surface area contributed by atoms with E-state index < -0.39 is 15.7 Å².